The number of ether oxygens (including phenoxy) is 2. The molecular weight excluding hydrogens is 343 g/mol. The fourth-order valence-electron chi connectivity index (χ4n) is 2.21. The van der Waals surface area contributed by atoms with E-state index in [0.29, 0.717) is 13.2 Å². The Kier molecular flexibility index (Phi) is 22.6. The maximum Gasteiger partial charge on any atom is 1.00 e. The van der Waals surface area contributed by atoms with Gasteiger partial charge >= 0.3 is 29.6 Å². The molecule has 0 aliphatic rings. The van der Waals surface area contributed by atoms with Crippen LogP contribution in [0.1, 0.15) is 71.1 Å². The minimum Gasteiger partial charge on any atom is -0.726 e. The van der Waals surface area contributed by atoms with Crippen LogP contribution in [-0.4, -0.2) is 46.0 Å². The molecule has 0 saturated carbocycles. The summed E-state index contributed by atoms with van der Waals surface area (Å²) in [6.45, 7) is 3.64. The second-order valence-electron chi connectivity index (χ2n) is 5.64. The molecule has 0 N–H and O–H groups in total. The van der Waals surface area contributed by atoms with Gasteiger partial charge in [0.05, 0.1) is 26.4 Å². The Labute approximate surface area is 170 Å². The normalized spacial score (nSPS) is 11.4. The van der Waals surface area contributed by atoms with Crippen molar-refractivity contribution in [3.8, 4) is 0 Å². The SMILES string of the molecule is CCCCCCCCCCCCOCCOCCOS(=O)(=O)[O-].[Na+]. The van der Waals surface area contributed by atoms with Crippen molar-refractivity contribution in [2.24, 2.45) is 0 Å². The molecule has 0 fully saturated rings. The molecule has 0 aliphatic heterocycles. The van der Waals surface area contributed by atoms with Gasteiger partial charge in [0.25, 0.3) is 0 Å². The Morgan fingerprint density at radius 2 is 1.08 bits per heavy atom. The third-order valence-electron chi connectivity index (χ3n) is 3.47. The van der Waals surface area contributed by atoms with Crippen LogP contribution in [0.3, 0.4) is 0 Å². The van der Waals surface area contributed by atoms with E-state index in [0.717, 1.165) is 13.0 Å². The first-order valence-electron chi connectivity index (χ1n) is 8.82. The number of unbranched alkanes of at least 4 members (excludes halogenated alkanes) is 9. The van der Waals surface area contributed by atoms with Gasteiger partial charge in [-0.2, -0.15) is 0 Å². The average Bonchev–Trinajstić information content (AvgIpc) is 2.49. The van der Waals surface area contributed by atoms with Crippen LogP contribution in [0.15, 0.2) is 0 Å². The molecule has 0 aromatic rings. The van der Waals surface area contributed by atoms with E-state index < -0.39 is 10.4 Å². The minimum absolute atomic E-state index is 0. The van der Waals surface area contributed by atoms with E-state index in [9.17, 15) is 13.0 Å². The van der Waals surface area contributed by atoms with Gasteiger partial charge in [0.1, 0.15) is 0 Å². The molecule has 0 heterocycles. The molecule has 0 spiro atoms. The van der Waals surface area contributed by atoms with Crippen molar-refractivity contribution in [2.45, 2.75) is 71.1 Å². The van der Waals surface area contributed by atoms with Crippen molar-refractivity contribution < 1.29 is 56.2 Å². The molecule has 0 atom stereocenters. The molecule has 0 unspecified atom stereocenters. The Bertz CT molecular complexity index is 337. The van der Waals surface area contributed by atoms with E-state index >= 15 is 0 Å². The molecule has 0 bridgehead atoms. The molecule has 0 saturated heterocycles. The summed E-state index contributed by atoms with van der Waals surface area (Å²) in [6, 6.07) is 0. The van der Waals surface area contributed by atoms with Crippen molar-refractivity contribution in [3.63, 3.8) is 0 Å². The van der Waals surface area contributed by atoms with Crippen molar-refractivity contribution >= 4 is 10.4 Å². The van der Waals surface area contributed by atoms with Crippen LogP contribution in [0, 0.1) is 0 Å². The molecule has 0 rings (SSSR count). The molecule has 0 amide bonds. The fraction of sp³-hybridized carbons (Fsp3) is 1.00. The molecule has 24 heavy (non-hydrogen) atoms. The van der Waals surface area contributed by atoms with Gasteiger partial charge in [-0.05, 0) is 6.42 Å². The van der Waals surface area contributed by atoms with Crippen LogP contribution in [0.25, 0.3) is 0 Å². The summed E-state index contributed by atoms with van der Waals surface area (Å²) in [6.07, 6.45) is 13.0. The summed E-state index contributed by atoms with van der Waals surface area (Å²) >= 11 is 0. The first-order valence-corrected chi connectivity index (χ1v) is 10.2. The summed E-state index contributed by atoms with van der Waals surface area (Å²) in [4.78, 5) is 0. The summed E-state index contributed by atoms with van der Waals surface area (Å²) < 4.78 is 44.9. The molecule has 6 nitrogen and oxygen atoms in total. The minimum atomic E-state index is -4.61. The standard InChI is InChI=1S/C16H34O6S.Na/c1-2-3-4-5-6-7-8-9-10-11-12-20-13-14-21-15-16-22-23(17,18)19;/h2-16H2,1H3,(H,17,18,19);/q;+1/p-1. The smallest absolute Gasteiger partial charge is 0.726 e. The van der Waals surface area contributed by atoms with Gasteiger partial charge in [-0.15, -0.1) is 0 Å². The van der Waals surface area contributed by atoms with Crippen molar-refractivity contribution in [1.29, 1.82) is 0 Å². The number of rotatable bonds is 18. The van der Waals surface area contributed by atoms with E-state index in [-0.39, 0.29) is 42.8 Å². The van der Waals surface area contributed by atoms with Crippen LogP contribution >= 0.6 is 0 Å². The van der Waals surface area contributed by atoms with Crippen LogP contribution in [-0.2, 0) is 24.1 Å². The van der Waals surface area contributed by atoms with Gasteiger partial charge in [0.2, 0.25) is 10.4 Å². The zero-order valence-electron chi connectivity index (χ0n) is 15.5. The molecule has 8 heteroatoms. The van der Waals surface area contributed by atoms with E-state index in [1.807, 2.05) is 0 Å². The number of hydrogen-bond acceptors (Lipinski definition) is 6. The van der Waals surface area contributed by atoms with Crippen molar-refractivity contribution in [3.05, 3.63) is 0 Å². The van der Waals surface area contributed by atoms with Crippen LogP contribution in [0.5, 0.6) is 0 Å². The van der Waals surface area contributed by atoms with E-state index in [4.69, 9.17) is 9.47 Å². The maximum absolute atomic E-state index is 10.1. The van der Waals surface area contributed by atoms with Gasteiger partial charge in [-0.3, -0.25) is 4.18 Å². The van der Waals surface area contributed by atoms with Gasteiger partial charge in [-0.25, -0.2) is 8.42 Å². The molecular formula is C16H33NaO6S. The second-order valence-corrected chi connectivity index (χ2v) is 6.69. The molecule has 0 aromatic heterocycles. The largest absolute Gasteiger partial charge is 1.00 e. The summed E-state index contributed by atoms with van der Waals surface area (Å²) in [5, 5.41) is 0. The zero-order chi connectivity index (χ0) is 17.2. The predicted octanol–water partition coefficient (Wildman–Crippen LogP) is 0.421. The Morgan fingerprint density at radius 1 is 0.667 bits per heavy atom. The van der Waals surface area contributed by atoms with Crippen LogP contribution in [0.2, 0.25) is 0 Å². The van der Waals surface area contributed by atoms with Gasteiger partial charge in [0.15, 0.2) is 0 Å². The van der Waals surface area contributed by atoms with Crippen molar-refractivity contribution in [2.75, 3.05) is 33.0 Å². The predicted molar refractivity (Wildman–Crippen MR) is 89.1 cm³/mol. The van der Waals surface area contributed by atoms with Gasteiger partial charge in [0, 0.05) is 6.61 Å². The Morgan fingerprint density at radius 3 is 1.58 bits per heavy atom. The maximum atomic E-state index is 10.1. The fourth-order valence-corrected chi connectivity index (χ4v) is 2.48. The molecule has 0 aliphatic carbocycles. The average molecular weight is 376 g/mol. The molecule has 0 aromatic carbocycles. The topological polar surface area (TPSA) is 84.9 Å². The third-order valence-corrected chi connectivity index (χ3v) is 3.92. The van der Waals surface area contributed by atoms with Crippen molar-refractivity contribution in [1.82, 2.24) is 0 Å². The van der Waals surface area contributed by atoms with Gasteiger partial charge < -0.3 is 14.0 Å². The summed E-state index contributed by atoms with van der Waals surface area (Å²) in [5.74, 6) is 0. The summed E-state index contributed by atoms with van der Waals surface area (Å²) in [7, 11) is -4.61. The third kappa shape index (κ3) is 25.0. The van der Waals surface area contributed by atoms with Crippen LogP contribution in [0.4, 0.5) is 0 Å². The number of hydrogen-bond donors (Lipinski definition) is 0. The van der Waals surface area contributed by atoms with Crippen LogP contribution < -0.4 is 29.6 Å². The second kappa shape index (κ2) is 20.1. The Hall–Kier alpha value is 0.790. The van der Waals surface area contributed by atoms with E-state index in [1.54, 1.807) is 0 Å². The Balaban J connectivity index is 0. The van der Waals surface area contributed by atoms with E-state index in [2.05, 4.69) is 11.1 Å². The van der Waals surface area contributed by atoms with Gasteiger partial charge in [-0.1, -0.05) is 64.7 Å². The first-order chi connectivity index (χ1) is 11.1. The quantitative estimate of drug-likeness (QED) is 0.149. The molecule has 0 radical (unpaired) electrons. The monoisotopic (exact) mass is 376 g/mol. The first kappa shape index (κ1) is 27.0. The molecule has 140 valence electrons. The summed E-state index contributed by atoms with van der Waals surface area (Å²) in [5.41, 5.74) is 0. The van der Waals surface area contributed by atoms with E-state index in [1.165, 1.54) is 57.8 Å². The zero-order valence-corrected chi connectivity index (χ0v) is 18.3.